The molecule has 21 heavy (non-hydrogen) atoms. The van der Waals surface area contributed by atoms with E-state index in [1.807, 2.05) is 44.2 Å². The van der Waals surface area contributed by atoms with Crippen molar-refractivity contribution in [3.8, 4) is 11.5 Å². The molecule has 0 aromatic heterocycles. The Morgan fingerprint density at radius 3 is 2.71 bits per heavy atom. The molecule has 108 valence electrons. The first-order chi connectivity index (χ1) is 10.1. The van der Waals surface area contributed by atoms with Crippen molar-refractivity contribution < 1.29 is 14.3 Å². The van der Waals surface area contributed by atoms with E-state index in [2.05, 4.69) is 12.1 Å². The van der Waals surface area contributed by atoms with Gasteiger partial charge in [0, 0.05) is 6.42 Å². The van der Waals surface area contributed by atoms with Gasteiger partial charge in [-0.05, 0) is 37.1 Å². The fourth-order valence-electron chi connectivity index (χ4n) is 2.47. The van der Waals surface area contributed by atoms with E-state index in [9.17, 15) is 4.79 Å². The van der Waals surface area contributed by atoms with Crippen molar-refractivity contribution in [3.05, 3.63) is 59.2 Å². The Kier molecular flexibility index (Phi) is 3.65. The van der Waals surface area contributed by atoms with Gasteiger partial charge in [0.2, 0.25) is 0 Å². The van der Waals surface area contributed by atoms with Crippen LogP contribution in [0.5, 0.6) is 11.5 Å². The number of rotatable bonds is 3. The Morgan fingerprint density at radius 2 is 1.90 bits per heavy atom. The number of aryl methyl sites for hydroxylation is 2. The zero-order valence-electron chi connectivity index (χ0n) is 12.3. The number of hydrogen-bond donors (Lipinski definition) is 0. The van der Waals surface area contributed by atoms with Crippen LogP contribution >= 0.6 is 0 Å². The van der Waals surface area contributed by atoms with Crippen molar-refractivity contribution >= 4 is 5.78 Å². The molecular weight excluding hydrogens is 264 g/mol. The van der Waals surface area contributed by atoms with Crippen LogP contribution in [0.4, 0.5) is 0 Å². The molecule has 3 nitrogen and oxygen atoms in total. The number of ether oxygens (including phenoxy) is 2. The van der Waals surface area contributed by atoms with Crippen LogP contribution in [-0.4, -0.2) is 18.5 Å². The van der Waals surface area contributed by atoms with Crippen molar-refractivity contribution in [2.24, 2.45) is 0 Å². The molecular formula is C18H18O3. The van der Waals surface area contributed by atoms with E-state index in [0.29, 0.717) is 17.9 Å². The molecule has 0 N–H and O–H groups in total. The lowest BCUT2D eigenvalue weighted by molar-refractivity contribution is -0.127. The van der Waals surface area contributed by atoms with Crippen LogP contribution in [0.15, 0.2) is 42.5 Å². The van der Waals surface area contributed by atoms with Gasteiger partial charge in [0.1, 0.15) is 6.61 Å². The second-order valence-electron chi connectivity index (χ2n) is 5.44. The highest BCUT2D eigenvalue weighted by Crippen LogP contribution is 2.31. The van der Waals surface area contributed by atoms with Crippen LogP contribution in [0.1, 0.15) is 16.7 Å². The minimum absolute atomic E-state index is 0.0539. The molecule has 1 aliphatic heterocycles. The van der Waals surface area contributed by atoms with Gasteiger partial charge in [0.05, 0.1) is 0 Å². The van der Waals surface area contributed by atoms with Crippen LogP contribution in [0.3, 0.4) is 0 Å². The molecule has 0 saturated heterocycles. The van der Waals surface area contributed by atoms with Gasteiger partial charge >= 0.3 is 0 Å². The summed E-state index contributed by atoms with van der Waals surface area (Å²) in [7, 11) is 0. The highest BCUT2D eigenvalue weighted by atomic mass is 16.6. The lowest BCUT2D eigenvalue weighted by Gasteiger charge is -2.25. The van der Waals surface area contributed by atoms with Crippen LogP contribution < -0.4 is 9.47 Å². The molecule has 2 aromatic carbocycles. The van der Waals surface area contributed by atoms with Gasteiger partial charge in [-0.3, -0.25) is 4.79 Å². The maximum absolute atomic E-state index is 12.4. The molecule has 1 aliphatic rings. The summed E-state index contributed by atoms with van der Waals surface area (Å²) in [6.45, 7) is 4.33. The van der Waals surface area contributed by atoms with Crippen LogP contribution in [-0.2, 0) is 11.2 Å². The third-order valence-corrected chi connectivity index (χ3v) is 3.74. The molecule has 0 bridgehead atoms. The SMILES string of the molecule is Cc1ccc(C)c(CC(=O)C2COc3ccccc3O2)c1. The predicted molar refractivity (Wildman–Crippen MR) is 81.0 cm³/mol. The maximum Gasteiger partial charge on any atom is 0.191 e. The van der Waals surface area contributed by atoms with Crippen LogP contribution in [0, 0.1) is 13.8 Å². The average Bonchev–Trinajstić information content (AvgIpc) is 2.50. The molecule has 0 radical (unpaired) electrons. The Labute approximate surface area is 124 Å². The van der Waals surface area contributed by atoms with E-state index < -0.39 is 6.10 Å². The van der Waals surface area contributed by atoms with Crippen LogP contribution in [0.25, 0.3) is 0 Å². The quantitative estimate of drug-likeness (QED) is 0.867. The highest BCUT2D eigenvalue weighted by molar-refractivity contribution is 5.86. The average molecular weight is 282 g/mol. The van der Waals surface area contributed by atoms with Gasteiger partial charge in [-0.25, -0.2) is 0 Å². The summed E-state index contributed by atoms with van der Waals surface area (Å²) in [4.78, 5) is 12.4. The molecule has 1 heterocycles. The van der Waals surface area contributed by atoms with E-state index in [1.54, 1.807) is 0 Å². The minimum atomic E-state index is -0.528. The number of carbonyl (C=O) groups is 1. The molecule has 0 fully saturated rings. The van der Waals surface area contributed by atoms with Gasteiger partial charge in [0.15, 0.2) is 23.4 Å². The fourth-order valence-corrected chi connectivity index (χ4v) is 2.47. The summed E-state index contributed by atoms with van der Waals surface area (Å²) in [5.74, 6) is 1.40. The van der Waals surface area contributed by atoms with Crippen molar-refractivity contribution in [2.75, 3.05) is 6.61 Å². The molecule has 0 saturated carbocycles. The summed E-state index contributed by atoms with van der Waals surface area (Å²) in [5, 5.41) is 0. The standard InChI is InChI=1S/C18H18O3/c1-12-7-8-13(2)14(9-12)10-15(19)18-11-20-16-5-3-4-6-17(16)21-18/h3-9,18H,10-11H2,1-2H3. The Morgan fingerprint density at radius 1 is 1.14 bits per heavy atom. The largest absolute Gasteiger partial charge is 0.485 e. The summed E-state index contributed by atoms with van der Waals surface area (Å²) in [5.41, 5.74) is 3.35. The molecule has 0 aliphatic carbocycles. The Hall–Kier alpha value is -2.29. The molecule has 1 atom stereocenters. The molecule has 3 rings (SSSR count). The maximum atomic E-state index is 12.4. The zero-order valence-corrected chi connectivity index (χ0v) is 12.3. The first kappa shape index (κ1) is 13.7. The number of fused-ring (bicyclic) bond motifs is 1. The van der Waals surface area contributed by atoms with Gasteiger partial charge in [-0.15, -0.1) is 0 Å². The Balaban J connectivity index is 1.74. The summed E-state index contributed by atoms with van der Waals surface area (Å²) in [6.07, 6.45) is -0.149. The number of para-hydroxylation sites is 2. The fraction of sp³-hybridized carbons (Fsp3) is 0.278. The zero-order chi connectivity index (χ0) is 14.8. The lowest BCUT2D eigenvalue weighted by atomic mass is 9.99. The Bertz CT molecular complexity index is 676. The number of hydrogen-bond acceptors (Lipinski definition) is 3. The van der Waals surface area contributed by atoms with Gasteiger partial charge in [0.25, 0.3) is 0 Å². The second kappa shape index (κ2) is 5.60. The highest BCUT2D eigenvalue weighted by Gasteiger charge is 2.27. The molecule has 2 aromatic rings. The number of carbonyl (C=O) groups excluding carboxylic acids is 1. The normalized spacial score (nSPS) is 16.6. The van der Waals surface area contributed by atoms with E-state index in [1.165, 1.54) is 0 Å². The smallest absolute Gasteiger partial charge is 0.191 e. The minimum Gasteiger partial charge on any atom is -0.485 e. The lowest BCUT2D eigenvalue weighted by Crippen LogP contribution is -2.37. The first-order valence-corrected chi connectivity index (χ1v) is 7.11. The van der Waals surface area contributed by atoms with Crippen molar-refractivity contribution in [3.63, 3.8) is 0 Å². The number of Topliss-reactive ketones (excluding diaryl/α,β-unsaturated/α-hetero) is 1. The van der Waals surface area contributed by atoms with E-state index in [-0.39, 0.29) is 12.4 Å². The third kappa shape index (κ3) is 2.92. The van der Waals surface area contributed by atoms with E-state index >= 15 is 0 Å². The summed E-state index contributed by atoms with van der Waals surface area (Å²) in [6, 6.07) is 13.6. The van der Waals surface area contributed by atoms with E-state index in [4.69, 9.17) is 9.47 Å². The topological polar surface area (TPSA) is 35.5 Å². The monoisotopic (exact) mass is 282 g/mol. The number of benzene rings is 2. The molecule has 3 heteroatoms. The van der Waals surface area contributed by atoms with Crippen molar-refractivity contribution in [2.45, 2.75) is 26.4 Å². The molecule has 0 spiro atoms. The molecule has 0 amide bonds. The summed E-state index contributed by atoms with van der Waals surface area (Å²) >= 11 is 0. The molecule has 1 unspecified atom stereocenters. The second-order valence-corrected chi connectivity index (χ2v) is 5.44. The summed E-state index contributed by atoms with van der Waals surface area (Å²) < 4.78 is 11.4. The van der Waals surface area contributed by atoms with Gasteiger partial charge in [-0.1, -0.05) is 35.9 Å². The third-order valence-electron chi connectivity index (χ3n) is 3.74. The van der Waals surface area contributed by atoms with Crippen molar-refractivity contribution in [1.82, 2.24) is 0 Å². The van der Waals surface area contributed by atoms with Crippen molar-refractivity contribution in [1.29, 1.82) is 0 Å². The van der Waals surface area contributed by atoms with Gasteiger partial charge in [-0.2, -0.15) is 0 Å². The predicted octanol–water partition coefficient (Wildman–Crippen LogP) is 3.26. The van der Waals surface area contributed by atoms with Crippen LogP contribution in [0.2, 0.25) is 0 Å². The van der Waals surface area contributed by atoms with Gasteiger partial charge < -0.3 is 9.47 Å². The number of ketones is 1. The van der Waals surface area contributed by atoms with E-state index in [0.717, 1.165) is 16.7 Å². The first-order valence-electron chi connectivity index (χ1n) is 7.11.